The second-order valence-electron chi connectivity index (χ2n) is 0.402. The van der Waals surface area contributed by atoms with Gasteiger partial charge in [0.15, 0.2) is 0 Å². The second kappa shape index (κ2) is 1.62. The van der Waals surface area contributed by atoms with E-state index < -0.39 is 0 Å². The zero-order valence-corrected chi connectivity index (χ0v) is 4.03. The van der Waals surface area contributed by atoms with Crippen LogP contribution in [-0.2, 0) is 0 Å². The summed E-state index contributed by atoms with van der Waals surface area (Å²) in [6, 6.07) is 0. The highest BCUT2D eigenvalue weighted by Gasteiger charge is 1.54. The monoisotopic (exact) mass is 93.0 g/mol. The van der Waals surface area contributed by atoms with Crippen LogP contribution < -0.4 is 5.73 Å². The Hall–Kier alpha value is 0.320. The van der Waals surface area contributed by atoms with E-state index in [2.05, 4.69) is 21.5 Å². The lowest BCUT2D eigenvalue weighted by Gasteiger charge is -1.65. The van der Waals surface area contributed by atoms with E-state index in [9.17, 15) is 0 Å². The van der Waals surface area contributed by atoms with Gasteiger partial charge in [0.1, 0.15) is 0 Å². The molecular weight excluding hydrogens is 89.1 g/mol. The Kier molecular flexibility index (Phi) is 1.75. The van der Waals surface area contributed by atoms with Gasteiger partial charge in [-0.05, 0) is 0 Å². The molecule has 1 atom stereocenters. The van der Waals surface area contributed by atoms with Crippen molar-refractivity contribution in [1.29, 1.82) is 0 Å². The molecule has 3 heteroatoms. The fourth-order valence-electron chi connectivity index (χ4n) is 0. The Morgan fingerprint density at radius 3 is 2.00 bits per heavy atom. The van der Waals surface area contributed by atoms with Crippen LogP contribution in [0.3, 0.4) is 0 Å². The summed E-state index contributed by atoms with van der Waals surface area (Å²) in [6.07, 6.45) is 0. The zero-order valence-electron chi connectivity index (χ0n) is 2.06. The highest BCUT2D eigenvalue weighted by molar-refractivity contribution is 7.89. The van der Waals surface area contributed by atoms with Crippen molar-refractivity contribution in [3.63, 3.8) is 0 Å². The van der Waals surface area contributed by atoms with Gasteiger partial charge in [0.2, 0.25) is 0 Å². The molecule has 1 unspecified atom stereocenters. The minimum Gasteiger partial charge on any atom is -0.390 e. The molecule has 0 amide bonds. The van der Waals surface area contributed by atoms with Crippen LogP contribution in [0.25, 0.3) is 0 Å². The molecule has 0 aromatic rings. The average Bonchev–Trinajstić information content (AvgIpc) is 0.811. The summed E-state index contributed by atoms with van der Waals surface area (Å²) in [4.78, 5) is 0. The van der Waals surface area contributed by atoms with Gasteiger partial charge in [-0.15, -0.1) is 0 Å². The molecule has 0 fully saturated rings. The van der Waals surface area contributed by atoms with Gasteiger partial charge in [-0.1, -0.05) is 21.5 Å². The normalized spacial score (nSPS) is 6.25. The molecule has 0 radical (unpaired) electrons. The summed E-state index contributed by atoms with van der Waals surface area (Å²) in [6.45, 7) is 0. The Morgan fingerprint density at radius 2 is 2.00 bits per heavy atom. The summed E-state index contributed by atoms with van der Waals surface area (Å²) in [7, 11) is 2.17. The third kappa shape index (κ3) is 39.5. The van der Waals surface area contributed by atoms with Crippen molar-refractivity contribution < 1.29 is 0 Å². The Morgan fingerprint density at radius 1 is 2.00 bits per heavy atom. The van der Waals surface area contributed by atoms with Crippen LogP contribution in [0.1, 0.15) is 0 Å². The van der Waals surface area contributed by atoms with E-state index in [1.165, 1.54) is 0 Å². The number of nitrogens with two attached hydrogens (primary N) is 1. The summed E-state index contributed by atoms with van der Waals surface area (Å²) in [5, 5.41) is 0. The van der Waals surface area contributed by atoms with Crippen LogP contribution in [0.5, 0.6) is 0 Å². The minimum atomic E-state index is 0.417. The molecule has 0 rings (SSSR count). The predicted molar refractivity (Wildman–Crippen MR) is 26.5 cm³/mol. The lowest BCUT2D eigenvalue weighted by molar-refractivity contribution is 1.91. The summed E-state index contributed by atoms with van der Waals surface area (Å²) in [5.41, 5.74) is 4.81. The van der Waals surface area contributed by atoms with E-state index in [0.29, 0.717) is 4.73 Å². The molecule has 0 heterocycles. The quantitative estimate of drug-likeness (QED) is 0.339. The SMILES string of the molecule is NC(P)=S. The molecule has 2 N–H and O–H groups in total. The lowest BCUT2D eigenvalue weighted by Crippen LogP contribution is -1.93. The van der Waals surface area contributed by atoms with Gasteiger partial charge in [0.25, 0.3) is 0 Å². The zero-order chi connectivity index (χ0) is 3.58. The maximum absolute atomic E-state index is 4.81. The van der Waals surface area contributed by atoms with E-state index in [1.54, 1.807) is 0 Å². The molecule has 0 spiro atoms. The van der Waals surface area contributed by atoms with Crippen molar-refractivity contribution in [1.82, 2.24) is 0 Å². The molecular formula is CH4NPS. The number of rotatable bonds is 0. The molecule has 0 aromatic heterocycles. The molecule has 4 heavy (non-hydrogen) atoms. The first-order valence-corrected chi connectivity index (χ1v) is 1.77. The third-order valence-corrected chi connectivity index (χ3v) is 0. The highest BCUT2D eigenvalue weighted by Crippen LogP contribution is 1.72. The van der Waals surface area contributed by atoms with E-state index >= 15 is 0 Å². The van der Waals surface area contributed by atoms with Crippen LogP contribution in [0.4, 0.5) is 0 Å². The van der Waals surface area contributed by atoms with Crippen LogP contribution in [0, 0.1) is 0 Å². The average molecular weight is 93.1 g/mol. The number of thiocarbonyl (C=S) groups is 1. The fraction of sp³-hybridized carbons (Fsp3) is 0. The molecule has 0 bridgehead atoms. The first-order valence-electron chi connectivity index (χ1n) is 0.781. The first kappa shape index (κ1) is 4.32. The maximum Gasteiger partial charge on any atom is 0.0894 e. The predicted octanol–water partition coefficient (Wildman–Crippen LogP) is 0.105. The van der Waals surface area contributed by atoms with Crippen molar-refractivity contribution in [3.8, 4) is 0 Å². The second-order valence-corrected chi connectivity index (χ2v) is 1.91. The molecule has 0 aliphatic heterocycles. The molecule has 0 saturated heterocycles. The van der Waals surface area contributed by atoms with E-state index in [1.807, 2.05) is 0 Å². The first-order chi connectivity index (χ1) is 1.73. The van der Waals surface area contributed by atoms with Crippen LogP contribution in [-0.4, -0.2) is 4.73 Å². The smallest absolute Gasteiger partial charge is 0.0894 e. The van der Waals surface area contributed by atoms with Crippen molar-refractivity contribution in [2.75, 3.05) is 0 Å². The van der Waals surface area contributed by atoms with Crippen molar-refractivity contribution in [2.24, 2.45) is 5.73 Å². The Bertz CT molecular complexity index is 31.0. The highest BCUT2D eigenvalue weighted by atomic mass is 32.1. The minimum absolute atomic E-state index is 0.417. The van der Waals surface area contributed by atoms with Crippen molar-refractivity contribution >= 4 is 26.2 Å². The molecule has 1 nitrogen and oxygen atoms in total. The lowest BCUT2D eigenvalue weighted by atomic mass is 11.5. The van der Waals surface area contributed by atoms with Crippen molar-refractivity contribution in [3.05, 3.63) is 0 Å². The maximum atomic E-state index is 4.81. The fourth-order valence-corrected chi connectivity index (χ4v) is 0. The summed E-state index contributed by atoms with van der Waals surface area (Å²) in [5.74, 6) is 0. The van der Waals surface area contributed by atoms with Gasteiger partial charge >= 0.3 is 0 Å². The molecule has 0 saturated carbocycles. The van der Waals surface area contributed by atoms with Crippen molar-refractivity contribution in [2.45, 2.75) is 0 Å². The van der Waals surface area contributed by atoms with Gasteiger partial charge in [-0.3, -0.25) is 0 Å². The van der Waals surface area contributed by atoms with Gasteiger partial charge < -0.3 is 5.73 Å². The number of hydrogen-bond donors (Lipinski definition) is 1. The van der Waals surface area contributed by atoms with Gasteiger partial charge in [0.05, 0.1) is 4.73 Å². The molecule has 0 aliphatic carbocycles. The number of hydrogen-bond acceptors (Lipinski definition) is 1. The topological polar surface area (TPSA) is 26.0 Å². The van der Waals surface area contributed by atoms with E-state index in [4.69, 9.17) is 5.73 Å². The van der Waals surface area contributed by atoms with E-state index in [-0.39, 0.29) is 0 Å². The molecule has 0 aliphatic rings. The Balaban J connectivity index is 2.80. The standard InChI is InChI=1S/CH4NPS/c2-1(3)4/h3H2,(H2,2,4). The van der Waals surface area contributed by atoms with Gasteiger partial charge in [-0.2, -0.15) is 0 Å². The Labute approximate surface area is 32.8 Å². The van der Waals surface area contributed by atoms with Crippen LogP contribution in [0.15, 0.2) is 0 Å². The summed E-state index contributed by atoms with van der Waals surface area (Å²) >= 11 is 4.28. The largest absolute Gasteiger partial charge is 0.390 e. The van der Waals surface area contributed by atoms with Gasteiger partial charge in [0, 0.05) is 0 Å². The van der Waals surface area contributed by atoms with Gasteiger partial charge in [-0.25, -0.2) is 0 Å². The summed E-state index contributed by atoms with van der Waals surface area (Å²) < 4.78 is 0.417. The van der Waals surface area contributed by atoms with Crippen LogP contribution >= 0.6 is 21.5 Å². The van der Waals surface area contributed by atoms with E-state index in [0.717, 1.165) is 0 Å². The van der Waals surface area contributed by atoms with Crippen LogP contribution in [0.2, 0.25) is 0 Å². The molecule has 0 aromatic carbocycles. The molecule has 24 valence electrons. The third-order valence-electron chi connectivity index (χ3n) is 0.